The van der Waals surface area contributed by atoms with E-state index in [1.54, 1.807) is 6.92 Å². The summed E-state index contributed by atoms with van der Waals surface area (Å²) in [5.74, 6) is -0.402. The van der Waals surface area contributed by atoms with E-state index in [1.165, 1.54) is 0 Å². The van der Waals surface area contributed by atoms with E-state index in [4.69, 9.17) is 22.1 Å². The van der Waals surface area contributed by atoms with Crippen LogP contribution < -0.4 is 5.73 Å². The minimum absolute atomic E-state index is 0. The predicted octanol–water partition coefficient (Wildman–Crippen LogP) is 4.89. The van der Waals surface area contributed by atoms with E-state index in [-0.39, 0.29) is 30.3 Å². The summed E-state index contributed by atoms with van der Waals surface area (Å²) in [7, 11) is 0. The van der Waals surface area contributed by atoms with Crippen LogP contribution >= 0.6 is 24.0 Å². The van der Waals surface area contributed by atoms with E-state index in [1.807, 2.05) is 37.3 Å². The lowest BCUT2D eigenvalue weighted by Crippen LogP contribution is -2.29. The van der Waals surface area contributed by atoms with E-state index in [2.05, 4.69) is 18.2 Å². The van der Waals surface area contributed by atoms with Crippen LogP contribution in [-0.2, 0) is 16.0 Å². The van der Waals surface area contributed by atoms with Crippen molar-refractivity contribution in [1.29, 1.82) is 0 Å². The number of carbonyl (C=O) groups excluding carboxylic acids is 1. The molecule has 0 amide bonds. The molecule has 0 aliphatic rings. The number of nitrogens with two attached hydrogens (primary N) is 1. The molecule has 0 fully saturated rings. The predicted molar refractivity (Wildman–Crippen MR) is 106 cm³/mol. The van der Waals surface area contributed by atoms with Gasteiger partial charge in [0.15, 0.2) is 0 Å². The average molecular weight is 382 g/mol. The van der Waals surface area contributed by atoms with Crippen molar-refractivity contribution in [3.8, 4) is 11.1 Å². The second-order valence-corrected chi connectivity index (χ2v) is 6.43. The van der Waals surface area contributed by atoms with Gasteiger partial charge >= 0.3 is 5.97 Å². The Hall–Kier alpha value is -1.55. The molecule has 0 heterocycles. The van der Waals surface area contributed by atoms with Crippen LogP contribution in [0.1, 0.15) is 25.8 Å². The van der Waals surface area contributed by atoms with Crippen LogP contribution in [0.3, 0.4) is 0 Å². The molecule has 0 bridgehead atoms. The molecule has 2 unspecified atom stereocenters. The molecule has 2 N–H and O–H groups in total. The highest BCUT2D eigenvalue weighted by atomic mass is 35.5. The highest BCUT2D eigenvalue weighted by molar-refractivity contribution is 6.31. The van der Waals surface area contributed by atoms with Gasteiger partial charge < -0.3 is 10.5 Å². The van der Waals surface area contributed by atoms with Crippen LogP contribution in [0.2, 0.25) is 5.02 Å². The third-order valence-corrected chi connectivity index (χ3v) is 4.34. The maximum Gasteiger partial charge on any atom is 0.308 e. The van der Waals surface area contributed by atoms with Crippen LogP contribution in [0.4, 0.5) is 0 Å². The quantitative estimate of drug-likeness (QED) is 0.694. The number of esters is 1. The Kier molecular flexibility index (Phi) is 8.98. The molecule has 0 aliphatic carbocycles. The summed E-state index contributed by atoms with van der Waals surface area (Å²) in [6, 6.07) is 16.0. The first-order chi connectivity index (χ1) is 11.5. The lowest BCUT2D eigenvalue weighted by molar-refractivity contribution is -0.147. The molecular formula is C20H25Cl2NO2. The molecule has 0 saturated heterocycles. The number of hydrogen-bond acceptors (Lipinski definition) is 3. The van der Waals surface area contributed by atoms with Gasteiger partial charge in [-0.15, -0.1) is 12.4 Å². The molecule has 0 spiro atoms. The Balaban J connectivity index is 0.00000312. The third kappa shape index (κ3) is 6.35. The van der Waals surface area contributed by atoms with Crippen molar-refractivity contribution < 1.29 is 9.53 Å². The summed E-state index contributed by atoms with van der Waals surface area (Å²) in [5, 5.41) is 0.704. The summed E-state index contributed by atoms with van der Waals surface area (Å²) in [5.41, 5.74) is 9.40. The Morgan fingerprint density at radius 1 is 1.16 bits per heavy atom. The molecule has 136 valence electrons. The smallest absolute Gasteiger partial charge is 0.308 e. The first kappa shape index (κ1) is 21.5. The Labute approximate surface area is 160 Å². The number of ether oxygens (including phenoxy) is 1. The first-order valence-electron chi connectivity index (χ1n) is 8.27. The van der Waals surface area contributed by atoms with E-state index >= 15 is 0 Å². The summed E-state index contributed by atoms with van der Waals surface area (Å²) in [6.07, 6.45) is 1.22. The minimum Gasteiger partial charge on any atom is -0.466 e. The summed E-state index contributed by atoms with van der Waals surface area (Å²) < 4.78 is 5.02. The fourth-order valence-corrected chi connectivity index (χ4v) is 2.98. The fourth-order valence-electron chi connectivity index (χ4n) is 2.72. The summed E-state index contributed by atoms with van der Waals surface area (Å²) in [4.78, 5) is 11.7. The van der Waals surface area contributed by atoms with Crippen LogP contribution in [0, 0.1) is 5.92 Å². The Morgan fingerprint density at radius 3 is 2.44 bits per heavy atom. The second-order valence-electron chi connectivity index (χ2n) is 6.03. The van der Waals surface area contributed by atoms with Crippen LogP contribution in [-0.4, -0.2) is 18.6 Å². The van der Waals surface area contributed by atoms with Gasteiger partial charge in [-0.25, -0.2) is 0 Å². The van der Waals surface area contributed by atoms with Gasteiger partial charge in [-0.2, -0.15) is 0 Å². The van der Waals surface area contributed by atoms with Crippen molar-refractivity contribution in [1.82, 2.24) is 0 Å². The number of rotatable bonds is 7. The van der Waals surface area contributed by atoms with Gasteiger partial charge in [0.2, 0.25) is 0 Å². The normalized spacial score (nSPS) is 12.8. The Bertz CT molecular complexity index is 677. The first-order valence-corrected chi connectivity index (χ1v) is 8.65. The van der Waals surface area contributed by atoms with Gasteiger partial charge in [0.25, 0.3) is 0 Å². The standard InChI is InChI=1S/C20H24ClNO2.ClH/c1-3-24-20(23)14(2)11-18(22)12-17-10-9-16(13-19(17)21)15-7-5-4-6-8-15;/h4-10,13-14,18H,3,11-12,22H2,1-2H3;1H. The molecule has 0 radical (unpaired) electrons. The van der Waals surface area contributed by atoms with Crippen molar-refractivity contribution in [2.75, 3.05) is 6.61 Å². The number of hydrogen-bond donors (Lipinski definition) is 1. The van der Waals surface area contributed by atoms with Gasteiger partial charge in [-0.3, -0.25) is 4.79 Å². The molecule has 2 aromatic carbocycles. The summed E-state index contributed by atoms with van der Waals surface area (Å²) >= 11 is 6.43. The fraction of sp³-hybridized carbons (Fsp3) is 0.350. The molecule has 25 heavy (non-hydrogen) atoms. The van der Waals surface area contributed by atoms with E-state index < -0.39 is 0 Å². The van der Waals surface area contributed by atoms with Crippen LogP contribution in [0.5, 0.6) is 0 Å². The van der Waals surface area contributed by atoms with Crippen LogP contribution in [0.25, 0.3) is 11.1 Å². The lowest BCUT2D eigenvalue weighted by atomic mass is 9.95. The molecule has 0 saturated carbocycles. The molecule has 2 rings (SSSR count). The molecular weight excluding hydrogens is 357 g/mol. The minimum atomic E-state index is -0.206. The molecule has 0 aliphatic heterocycles. The number of benzene rings is 2. The summed E-state index contributed by atoms with van der Waals surface area (Å²) in [6.45, 7) is 4.04. The molecule has 5 heteroatoms. The molecule has 0 aromatic heterocycles. The maximum atomic E-state index is 11.7. The van der Waals surface area contributed by atoms with E-state index in [0.29, 0.717) is 24.5 Å². The zero-order valence-electron chi connectivity index (χ0n) is 14.6. The van der Waals surface area contributed by atoms with Gasteiger partial charge in [0.05, 0.1) is 12.5 Å². The highest BCUT2D eigenvalue weighted by Crippen LogP contribution is 2.26. The zero-order chi connectivity index (χ0) is 17.5. The number of halogens is 2. The van der Waals surface area contributed by atoms with Crippen molar-refractivity contribution in [2.45, 2.75) is 32.7 Å². The molecule has 2 atom stereocenters. The van der Waals surface area contributed by atoms with E-state index in [9.17, 15) is 4.79 Å². The van der Waals surface area contributed by atoms with Crippen molar-refractivity contribution in [3.63, 3.8) is 0 Å². The topological polar surface area (TPSA) is 52.3 Å². The monoisotopic (exact) mass is 381 g/mol. The van der Waals surface area contributed by atoms with Gasteiger partial charge in [0, 0.05) is 11.1 Å². The maximum absolute atomic E-state index is 11.7. The highest BCUT2D eigenvalue weighted by Gasteiger charge is 2.18. The van der Waals surface area contributed by atoms with Gasteiger partial charge in [-0.05, 0) is 42.5 Å². The zero-order valence-corrected chi connectivity index (χ0v) is 16.1. The van der Waals surface area contributed by atoms with E-state index in [0.717, 1.165) is 16.7 Å². The number of carbonyl (C=O) groups is 1. The van der Waals surface area contributed by atoms with Gasteiger partial charge in [0.1, 0.15) is 0 Å². The van der Waals surface area contributed by atoms with Crippen molar-refractivity contribution in [2.24, 2.45) is 11.7 Å². The third-order valence-electron chi connectivity index (χ3n) is 3.99. The largest absolute Gasteiger partial charge is 0.466 e. The SMILES string of the molecule is CCOC(=O)C(C)CC(N)Cc1ccc(-c2ccccc2)cc1Cl.Cl. The lowest BCUT2D eigenvalue weighted by Gasteiger charge is -2.17. The van der Waals surface area contributed by atoms with Crippen molar-refractivity contribution in [3.05, 3.63) is 59.1 Å². The second kappa shape index (κ2) is 10.4. The van der Waals surface area contributed by atoms with Gasteiger partial charge in [-0.1, -0.05) is 61.0 Å². The average Bonchev–Trinajstić information content (AvgIpc) is 2.57. The Morgan fingerprint density at radius 2 is 1.84 bits per heavy atom. The van der Waals surface area contributed by atoms with Crippen molar-refractivity contribution >= 4 is 30.0 Å². The molecule has 2 aromatic rings. The van der Waals surface area contributed by atoms with Crippen LogP contribution in [0.15, 0.2) is 48.5 Å². The molecule has 3 nitrogen and oxygen atoms in total.